The van der Waals surface area contributed by atoms with E-state index in [1.807, 2.05) is 0 Å². The summed E-state index contributed by atoms with van der Waals surface area (Å²) in [7, 11) is 2.66. The molecule has 0 fully saturated rings. The molecule has 0 spiro atoms. The zero-order valence-corrected chi connectivity index (χ0v) is 14.1. The summed E-state index contributed by atoms with van der Waals surface area (Å²) in [5.74, 6) is -0.349. The van der Waals surface area contributed by atoms with Crippen molar-refractivity contribution in [2.75, 3.05) is 26.1 Å². The number of benzene rings is 2. The number of anilines is 1. The third-order valence-corrected chi connectivity index (χ3v) is 3.31. The van der Waals surface area contributed by atoms with E-state index >= 15 is 0 Å². The molecule has 0 saturated heterocycles. The van der Waals surface area contributed by atoms with Crippen LogP contribution >= 0.6 is 0 Å². The Bertz CT molecular complexity index is 818. The molecule has 9 heteroatoms. The van der Waals surface area contributed by atoms with Gasteiger partial charge in [-0.25, -0.2) is 4.79 Å². The Labute approximate surface area is 148 Å². The molecule has 0 unspecified atom stereocenters. The summed E-state index contributed by atoms with van der Waals surface area (Å²) in [5.41, 5.74) is 0.336. The van der Waals surface area contributed by atoms with Crippen molar-refractivity contribution in [1.29, 1.82) is 0 Å². The van der Waals surface area contributed by atoms with E-state index in [0.717, 1.165) is 0 Å². The molecular weight excluding hydrogens is 344 g/mol. The molecule has 1 N–H and O–H groups in total. The maximum absolute atomic E-state index is 12.0. The van der Waals surface area contributed by atoms with Crippen molar-refractivity contribution in [1.82, 2.24) is 0 Å². The quantitative estimate of drug-likeness (QED) is 0.458. The van der Waals surface area contributed by atoms with Crippen LogP contribution in [0.1, 0.15) is 10.4 Å². The number of hydrogen-bond acceptors (Lipinski definition) is 7. The molecule has 2 aromatic rings. The molecule has 0 bridgehead atoms. The number of rotatable bonds is 7. The first kappa shape index (κ1) is 18.7. The normalized spacial score (nSPS) is 9.92. The monoisotopic (exact) mass is 360 g/mol. The molecule has 1 amide bonds. The van der Waals surface area contributed by atoms with Crippen molar-refractivity contribution in [2.24, 2.45) is 0 Å². The van der Waals surface area contributed by atoms with Gasteiger partial charge in [-0.15, -0.1) is 0 Å². The molecule has 0 aromatic heterocycles. The number of ether oxygens (including phenoxy) is 3. The first-order valence-corrected chi connectivity index (χ1v) is 7.38. The van der Waals surface area contributed by atoms with Crippen LogP contribution in [0.3, 0.4) is 0 Å². The number of carbonyl (C=O) groups is 2. The Kier molecular flexibility index (Phi) is 6.10. The number of nitrogens with zero attached hydrogens (tertiary/aromatic N) is 1. The molecule has 2 rings (SSSR count). The second-order valence-electron chi connectivity index (χ2n) is 4.99. The van der Waals surface area contributed by atoms with Gasteiger partial charge in [0.15, 0.2) is 6.61 Å². The SMILES string of the molecule is COC(=O)c1ccc(OCC(=O)Nc2cc([N+](=O)[O-])ccc2OC)cc1. The molecule has 0 saturated carbocycles. The number of hydrogen-bond donors (Lipinski definition) is 1. The van der Waals surface area contributed by atoms with Crippen molar-refractivity contribution in [3.63, 3.8) is 0 Å². The van der Waals surface area contributed by atoms with Crippen LogP contribution in [0.2, 0.25) is 0 Å². The van der Waals surface area contributed by atoms with Crippen molar-refractivity contribution < 1.29 is 28.7 Å². The lowest BCUT2D eigenvalue weighted by Crippen LogP contribution is -2.20. The first-order valence-electron chi connectivity index (χ1n) is 7.38. The van der Waals surface area contributed by atoms with Crippen molar-refractivity contribution >= 4 is 23.3 Å². The van der Waals surface area contributed by atoms with E-state index in [1.165, 1.54) is 56.7 Å². The largest absolute Gasteiger partial charge is 0.495 e. The molecule has 2 aromatic carbocycles. The number of methoxy groups -OCH3 is 2. The Hall–Kier alpha value is -3.62. The molecule has 0 aliphatic carbocycles. The highest BCUT2D eigenvalue weighted by Gasteiger charge is 2.14. The van der Waals surface area contributed by atoms with Gasteiger partial charge < -0.3 is 19.5 Å². The van der Waals surface area contributed by atoms with E-state index in [1.54, 1.807) is 0 Å². The number of nitro benzene ring substituents is 1. The lowest BCUT2D eigenvalue weighted by molar-refractivity contribution is -0.384. The molecule has 26 heavy (non-hydrogen) atoms. The zero-order chi connectivity index (χ0) is 19.1. The third kappa shape index (κ3) is 4.69. The summed E-state index contributed by atoms with van der Waals surface area (Å²) in [4.78, 5) is 33.6. The summed E-state index contributed by atoms with van der Waals surface area (Å²) < 4.78 is 15.0. The smallest absolute Gasteiger partial charge is 0.337 e. The molecule has 0 heterocycles. The van der Waals surface area contributed by atoms with E-state index in [-0.39, 0.29) is 23.7 Å². The van der Waals surface area contributed by atoms with Gasteiger partial charge in [-0.3, -0.25) is 14.9 Å². The molecule has 0 radical (unpaired) electrons. The molecule has 9 nitrogen and oxygen atoms in total. The van der Waals surface area contributed by atoms with Crippen LogP contribution in [-0.4, -0.2) is 37.6 Å². The van der Waals surface area contributed by atoms with Gasteiger partial charge in [-0.2, -0.15) is 0 Å². The molecular formula is C17H16N2O7. The first-order chi connectivity index (χ1) is 12.4. The van der Waals surface area contributed by atoms with Gasteiger partial charge in [0.05, 0.1) is 30.4 Å². The molecule has 0 aliphatic heterocycles. The van der Waals surface area contributed by atoms with Crippen LogP contribution in [0.5, 0.6) is 11.5 Å². The van der Waals surface area contributed by atoms with Crippen LogP contribution in [-0.2, 0) is 9.53 Å². The maximum Gasteiger partial charge on any atom is 0.337 e. The fourth-order valence-electron chi connectivity index (χ4n) is 2.05. The van der Waals surface area contributed by atoms with Gasteiger partial charge in [-0.05, 0) is 30.3 Å². The van der Waals surface area contributed by atoms with E-state index in [4.69, 9.17) is 9.47 Å². The topological polar surface area (TPSA) is 117 Å². The van der Waals surface area contributed by atoms with Gasteiger partial charge in [0.2, 0.25) is 0 Å². The number of nitrogens with one attached hydrogen (secondary N) is 1. The van der Waals surface area contributed by atoms with E-state index < -0.39 is 16.8 Å². The minimum absolute atomic E-state index is 0.163. The van der Waals surface area contributed by atoms with Gasteiger partial charge in [0.1, 0.15) is 11.5 Å². The minimum Gasteiger partial charge on any atom is -0.495 e. The predicted octanol–water partition coefficient (Wildman–Crippen LogP) is 2.41. The average molecular weight is 360 g/mol. The summed E-state index contributed by atoms with van der Waals surface area (Å²) in [5, 5.41) is 13.3. The average Bonchev–Trinajstić information content (AvgIpc) is 2.66. The number of carbonyl (C=O) groups excluding carboxylic acids is 2. The van der Waals surface area contributed by atoms with Gasteiger partial charge in [0.25, 0.3) is 11.6 Å². The number of esters is 1. The highest BCUT2D eigenvalue weighted by atomic mass is 16.6. The maximum atomic E-state index is 12.0. The Morgan fingerprint density at radius 1 is 1.12 bits per heavy atom. The lowest BCUT2D eigenvalue weighted by Gasteiger charge is -2.11. The molecule has 0 aliphatic rings. The van der Waals surface area contributed by atoms with Crippen molar-refractivity contribution in [2.45, 2.75) is 0 Å². The van der Waals surface area contributed by atoms with E-state index in [2.05, 4.69) is 10.1 Å². The summed E-state index contributed by atoms with van der Waals surface area (Å²) in [6.07, 6.45) is 0. The van der Waals surface area contributed by atoms with Crippen molar-refractivity contribution in [3.05, 3.63) is 58.1 Å². The van der Waals surface area contributed by atoms with Crippen LogP contribution in [0.25, 0.3) is 0 Å². The number of non-ortho nitro benzene ring substituents is 1. The lowest BCUT2D eigenvalue weighted by atomic mass is 10.2. The summed E-state index contributed by atoms with van der Waals surface area (Å²) in [6.45, 7) is -0.330. The number of amides is 1. The van der Waals surface area contributed by atoms with Crippen LogP contribution in [0.4, 0.5) is 11.4 Å². The van der Waals surface area contributed by atoms with Crippen LogP contribution in [0.15, 0.2) is 42.5 Å². The molecule has 0 atom stereocenters. The van der Waals surface area contributed by atoms with Gasteiger partial charge in [-0.1, -0.05) is 0 Å². The standard InChI is InChI=1S/C17H16N2O7/c1-24-15-8-5-12(19(22)23)9-14(15)18-16(20)10-26-13-6-3-11(4-7-13)17(21)25-2/h3-9H,10H2,1-2H3,(H,18,20). The third-order valence-electron chi connectivity index (χ3n) is 3.31. The Morgan fingerprint density at radius 2 is 1.81 bits per heavy atom. The summed E-state index contributed by atoms with van der Waals surface area (Å²) in [6, 6.07) is 9.90. The van der Waals surface area contributed by atoms with Gasteiger partial charge >= 0.3 is 5.97 Å². The summed E-state index contributed by atoms with van der Waals surface area (Å²) >= 11 is 0. The van der Waals surface area contributed by atoms with Gasteiger partial charge in [0, 0.05) is 12.1 Å². The fraction of sp³-hybridized carbons (Fsp3) is 0.176. The number of nitro groups is 1. The van der Waals surface area contributed by atoms with Crippen molar-refractivity contribution in [3.8, 4) is 11.5 Å². The second-order valence-corrected chi connectivity index (χ2v) is 4.99. The predicted molar refractivity (Wildman–Crippen MR) is 91.6 cm³/mol. The van der Waals surface area contributed by atoms with E-state index in [0.29, 0.717) is 11.3 Å². The Balaban J connectivity index is 1.99. The molecule has 136 valence electrons. The highest BCUT2D eigenvalue weighted by Crippen LogP contribution is 2.28. The van der Waals surface area contributed by atoms with E-state index in [9.17, 15) is 19.7 Å². The Morgan fingerprint density at radius 3 is 2.38 bits per heavy atom. The zero-order valence-electron chi connectivity index (χ0n) is 14.1. The van der Waals surface area contributed by atoms with Crippen LogP contribution < -0.4 is 14.8 Å². The highest BCUT2D eigenvalue weighted by molar-refractivity contribution is 5.94. The van der Waals surface area contributed by atoms with Crippen LogP contribution in [0, 0.1) is 10.1 Å². The minimum atomic E-state index is -0.575. The fourth-order valence-corrected chi connectivity index (χ4v) is 2.05. The second kappa shape index (κ2) is 8.47.